The minimum atomic E-state index is 0.222. The van der Waals surface area contributed by atoms with Gasteiger partial charge in [-0.25, -0.2) is 15.8 Å². The van der Waals surface area contributed by atoms with Crippen LogP contribution in [-0.4, -0.2) is 17.1 Å². The predicted molar refractivity (Wildman–Crippen MR) is 80.2 cm³/mol. The third-order valence-electron chi connectivity index (χ3n) is 2.96. The minimum Gasteiger partial charge on any atom is -0.495 e. The first-order valence-electron chi connectivity index (χ1n) is 6.39. The average molecular weight is 273 g/mol. The van der Waals surface area contributed by atoms with Gasteiger partial charge in [-0.05, 0) is 18.1 Å². The standard InChI is InChI=1S/C14H19N5O/c1-9(2)12-13(16-8-17-14(12)19-15)18-10-6-4-5-7-11(10)20-3/h4-9H,15H2,1-3H3,(H2,16,17,18,19). The summed E-state index contributed by atoms with van der Waals surface area (Å²) in [5.74, 6) is 7.82. The number of nitrogens with zero attached hydrogens (tertiary/aromatic N) is 2. The summed E-state index contributed by atoms with van der Waals surface area (Å²) in [5.41, 5.74) is 4.39. The molecule has 20 heavy (non-hydrogen) atoms. The number of anilines is 3. The first-order valence-corrected chi connectivity index (χ1v) is 6.39. The summed E-state index contributed by atoms with van der Waals surface area (Å²) < 4.78 is 5.33. The number of hydrogen-bond acceptors (Lipinski definition) is 6. The highest BCUT2D eigenvalue weighted by atomic mass is 16.5. The van der Waals surface area contributed by atoms with Crippen LogP contribution in [0.25, 0.3) is 0 Å². The zero-order valence-electron chi connectivity index (χ0n) is 11.8. The lowest BCUT2D eigenvalue weighted by molar-refractivity contribution is 0.417. The molecule has 4 N–H and O–H groups in total. The number of hydrogen-bond donors (Lipinski definition) is 3. The summed E-state index contributed by atoms with van der Waals surface area (Å²) in [6.45, 7) is 4.12. The van der Waals surface area contributed by atoms with E-state index in [1.54, 1.807) is 7.11 Å². The van der Waals surface area contributed by atoms with Crippen LogP contribution in [0.15, 0.2) is 30.6 Å². The zero-order chi connectivity index (χ0) is 14.5. The van der Waals surface area contributed by atoms with Gasteiger partial charge in [0.15, 0.2) is 0 Å². The summed E-state index contributed by atoms with van der Waals surface area (Å²) in [6, 6.07) is 7.67. The highest BCUT2D eigenvalue weighted by Crippen LogP contribution is 2.32. The quantitative estimate of drug-likeness (QED) is 0.573. The van der Waals surface area contributed by atoms with Crippen LogP contribution in [0, 0.1) is 0 Å². The van der Waals surface area contributed by atoms with Crippen molar-refractivity contribution in [3.63, 3.8) is 0 Å². The Hall–Kier alpha value is -2.34. The lowest BCUT2D eigenvalue weighted by Gasteiger charge is -2.17. The van der Waals surface area contributed by atoms with Gasteiger partial charge in [0.1, 0.15) is 23.7 Å². The summed E-state index contributed by atoms with van der Waals surface area (Å²) in [6.07, 6.45) is 1.47. The lowest BCUT2D eigenvalue weighted by Crippen LogP contribution is -2.14. The lowest BCUT2D eigenvalue weighted by atomic mass is 10.0. The topological polar surface area (TPSA) is 85.1 Å². The van der Waals surface area contributed by atoms with E-state index < -0.39 is 0 Å². The van der Waals surface area contributed by atoms with Crippen molar-refractivity contribution in [2.75, 3.05) is 17.9 Å². The van der Waals surface area contributed by atoms with Gasteiger partial charge < -0.3 is 15.5 Å². The van der Waals surface area contributed by atoms with E-state index in [1.165, 1.54) is 6.33 Å². The third-order valence-corrected chi connectivity index (χ3v) is 2.96. The number of benzene rings is 1. The number of methoxy groups -OCH3 is 1. The van der Waals surface area contributed by atoms with Crippen LogP contribution < -0.4 is 21.3 Å². The molecular weight excluding hydrogens is 254 g/mol. The molecule has 0 fully saturated rings. The van der Waals surface area contributed by atoms with Crippen molar-refractivity contribution in [3.8, 4) is 5.75 Å². The Labute approximate surface area is 118 Å². The molecule has 0 saturated heterocycles. The van der Waals surface area contributed by atoms with Gasteiger partial charge in [0.05, 0.1) is 12.8 Å². The van der Waals surface area contributed by atoms with E-state index >= 15 is 0 Å². The fraction of sp³-hybridized carbons (Fsp3) is 0.286. The summed E-state index contributed by atoms with van der Waals surface area (Å²) >= 11 is 0. The van der Waals surface area contributed by atoms with Crippen molar-refractivity contribution in [1.82, 2.24) is 9.97 Å². The molecule has 0 amide bonds. The molecule has 1 aromatic heterocycles. The maximum absolute atomic E-state index is 5.51. The Morgan fingerprint density at radius 1 is 1.15 bits per heavy atom. The van der Waals surface area contributed by atoms with Gasteiger partial charge in [-0.1, -0.05) is 26.0 Å². The second kappa shape index (κ2) is 6.21. The first kappa shape index (κ1) is 14.1. The number of ether oxygens (including phenoxy) is 1. The second-order valence-electron chi connectivity index (χ2n) is 4.61. The maximum Gasteiger partial charge on any atom is 0.148 e. The summed E-state index contributed by atoms with van der Waals surface area (Å²) in [5, 5.41) is 3.28. The van der Waals surface area contributed by atoms with Crippen LogP contribution in [-0.2, 0) is 0 Å². The van der Waals surface area contributed by atoms with Crippen LogP contribution in [0.2, 0.25) is 0 Å². The zero-order valence-corrected chi connectivity index (χ0v) is 11.8. The maximum atomic E-state index is 5.51. The first-order chi connectivity index (χ1) is 9.67. The van der Waals surface area contributed by atoms with Crippen LogP contribution in [0.4, 0.5) is 17.3 Å². The molecule has 0 aliphatic heterocycles. The molecule has 0 aliphatic rings. The van der Waals surface area contributed by atoms with Crippen LogP contribution in [0.1, 0.15) is 25.3 Å². The van der Waals surface area contributed by atoms with Crippen LogP contribution >= 0.6 is 0 Å². The molecule has 0 aliphatic carbocycles. The van der Waals surface area contributed by atoms with Gasteiger partial charge >= 0.3 is 0 Å². The molecule has 0 atom stereocenters. The highest BCUT2D eigenvalue weighted by Gasteiger charge is 2.15. The molecule has 0 radical (unpaired) electrons. The Morgan fingerprint density at radius 2 is 1.85 bits per heavy atom. The van der Waals surface area contributed by atoms with Gasteiger partial charge in [-0.3, -0.25) is 0 Å². The van der Waals surface area contributed by atoms with Gasteiger partial charge in [0.25, 0.3) is 0 Å². The number of para-hydroxylation sites is 2. The Kier molecular flexibility index (Phi) is 4.37. The van der Waals surface area contributed by atoms with Crippen molar-refractivity contribution in [3.05, 3.63) is 36.2 Å². The average Bonchev–Trinajstić information content (AvgIpc) is 2.47. The van der Waals surface area contributed by atoms with Gasteiger partial charge in [-0.2, -0.15) is 0 Å². The largest absolute Gasteiger partial charge is 0.495 e. The molecule has 2 aromatic rings. The van der Waals surface area contributed by atoms with Gasteiger partial charge in [0.2, 0.25) is 0 Å². The van der Waals surface area contributed by atoms with Crippen LogP contribution in [0.3, 0.4) is 0 Å². The van der Waals surface area contributed by atoms with E-state index in [0.29, 0.717) is 11.6 Å². The Balaban J connectivity index is 2.43. The highest BCUT2D eigenvalue weighted by molar-refractivity contribution is 5.69. The van der Waals surface area contributed by atoms with E-state index in [-0.39, 0.29) is 5.92 Å². The molecule has 0 spiro atoms. The number of rotatable bonds is 5. The molecule has 0 unspecified atom stereocenters. The van der Waals surface area contributed by atoms with Crippen molar-refractivity contribution >= 4 is 17.3 Å². The van der Waals surface area contributed by atoms with Crippen molar-refractivity contribution in [1.29, 1.82) is 0 Å². The number of nitrogens with two attached hydrogens (primary N) is 1. The smallest absolute Gasteiger partial charge is 0.148 e. The van der Waals surface area contributed by atoms with Crippen molar-refractivity contribution < 1.29 is 4.74 Å². The van der Waals surface area contributed by atoms with E-state index in [2.05, 4.69) is 34.6 Å². The van der Waals surface area contributed by atoms with Crippen LogP contribution in [0.5, 0.6) is 5.75 Å². The molecule has 1 aromatic carbocycles. The van der Waals surface area contributed by atoms with E-state index in [9.17, 15) is 0 Å². The minimum absolute atomic E-state index is 0.222. The molecular formula is C14H19N5O. The molecule has 6 nitrogen and oxygen atoms in total. The number of nitrogen functional groups attached to an aromatic ring is 1. The van der Waals surface area contributed by atoms with Crippen molar-refractivity contribution in [2.24, 2.45) is 5.84 Å². The molecule has 2 rings (SSSR count). The number of nitrogens with one attached hydrogen (secondary N) is 2. The van der Waals surface area contributed by atoms with Gasteiger partial charge in [-0.15, -0.1) is 0 Å². The molecule has 0 saturated carbocycles. The van der Waals surface area contributed by atoms with Crippen molar-refractivity contribution in [2.45, 2.75) is 19.8 Å². The molecule has 0 bridgehead atoms. The number of hydrazine groups is 1. The molecule has 106 valence electrons. The Bertz CT molecular complexity index is 586. The Morgan fingerprint density at radius 3 is 2.50 bits per heavy atom. The SMILES string of the molecule is COc1ccccc1Nc1ncnc(NN)c1C(C)C. The molecule has 1 heterocycles. The fourth-order valence-electron chi connectivity index (χ4n) is 2.03. The van der Waals surface area contributed by atoms with E-state index in [4.69, 9.17) is 10.6 Å². The summed E-state index contributed by atoms with van der Waals surface area (Å²) in [4.78, 5) is 8.45. The van der Waals surface area contributed by atoms with Gasteiger partial charge in [0, 0.05) is 5.56 Å². The summed E-state index contributed by atoms with van der Waals surface area (Å²) in [7, 11) is 1.64. The third kappa shape index (κ3) is 2.80. The predicted octanol–water partition coefficient (Wildman–Crippen LogP) is 2.64. The molecule has 6 heteroatoms. The van der Waals surface area contributed by atoms with E-state index in [0.717, 1.165) is 17.0 Å². The monoisotopic (exact) mass is 273 g/mol. The fourth-order valence-corrected chi connectivity index (χ4v) is 2.03. The number of aromatic nitrogens is 2. The van der Waals surface area contributed by atoms with E-state index in [1.807, 2.05) is 24.3 Å². The second-order valence-corrected chi connectivity index (χ2v) is 4.61. The normalized spacial score (nSPS) is 10.4.